The van der Waals surface area contributed by atoms with Gasteiger partial charge in [0.1, 0.15) is 22.8 Å². The van der Waals surface area contributed by atoms with E-state index >= 15 is 0 Å². The smallest absolute Gasteiger partial charge is 0.257 e. The van der Waals surface area contributed by atoms with E-state index in [1.54, 1.807) is 56.7 Å². The number of carbonyl (C=O) groups excluding carboxylic acids is 2. The minimum Gasteiger partial charge on any atom is -0.461 e. The lowest BCUT2D eigenvalue weighted by Crippen LogP contribution is -2.21. The molecule has 32 heavy (non-hydrogen) atoms. The van der Waals surface area contributed by atoms with E-state index in [-0.39, 0.29) is 11.8 Å². The summed E-state index contributed by atoms with van der Waals surface area (Å²) >= 11 is 0. The average molecular weight is 430 g/mol. The van der Waals surface area contributed by atoms with Crippen LogP contribution in [0.2, 0.25) is 0 Å². The van der Waals surface area contributed by atoms with Crippen LogP contribution < -0.4 is 10.1 Å². The van der Waals surface area contributed by atoms with Crippen LogP contribution in [0.25, 0.3) is 11.0 Å². The third kappa shape index (κ3) is 4.44. The Labute approximate surface area is 184 Å². The Morgan fingerprint density at radius 1 is 0.969 bits per heavy atom. The van der Waals surface area contributed by atoms with Crippen LogP contribution in [-0.2, 0) is 0 Å². The zero-order valence-electron chi connectivity index (χ0n) is 18.2. The van der Waals surface area contributed by atoms with Crippen molar-refractivity contribution in [2.75, 3.05) is 19.4 Å². The molecule has 0 atom stereocenters. The number of benzene rings is 2. The molecule has 1 N–H and O–H groups in total. The number of aryl methyl sites for hydroxylation is 2. The number of fused-ring (bicyclic) bond motifs is 1. The van der Waals surface area contributed by atoms with Crippen molar-refractivity contribution in [1.29, 1.82) is 0 Å². The zero-order chi connectivity index (χ0) is 22.8. The Morgan fingerprint density at radius 3 is 2.38 bits per heavy atom. The van der Waals surface area contributed by atoms with Crippen LogP contribution in [0.15, 0.2) is 59.3 Å². The Morgan fingerprint density at radius 2 is 1.72 bits per heavy atom. The zero-order valence-corrected chi connectivity index (χ0v) is 18.2. The molecule has 0 fully saturated rings. The predicted molar refractivity (Wildman–Crippen MR) is 120 cm³/mol. The van der Waals surface area contributed by atoms with Gasteiger partial charge in [0.25, 0.3) is 11.8 Å². The highest BCUT2D eigenvalue weighted by Crippen LogP contribution is 2.34. The molecule has 2 heterocycles. The third-order valence-electron chi connectivity index (χ3n) is 4.74. The summed E-state index contributed by atoms with van der Waals surface area (Å²) in [5.74, 6) is 1.57. The second kappa shape index (κ2) is 8.50. The maximum atomic E-state index is 12.8. The summed E-state index contributed by atoms with van der Waals surface area (Å²) in [6.45, 7) is 3.64. The molecule has 2 aromatic heterocycles. The molecule has 2 amide bonds. The van der Waals surface area contributed by atoms with Crippen LogP contribution >= 0.6 is 0 Å². The predicted octanol–water partition coefficient (Wildman–Crippen LogP) is 4.59. The molecular weight excluding hydrogens is 408 g/mol. The van der Waals surface area contributed by atoms with Crippen molar-refractivity contribution < 1.29 is 18.7 Å². The number of hydrogen-bond donors (Lipinski definition) is 1. The number of ether oxygens (including phenoxy) is 1. The van der Waals surface area contributed by atoms with Gasteiger partial charge in [0.05, 0.1) is 23.5 Å². The number of hydrogen-bond acceptors (Lipinski definition) is 6. The quantitative estimate of drug-likeness (QED) is 0.497. The summed E-state index contributed by atoms with van der Waals surface area (Å²) in [5, 5.41) is 3.47. The summed E-state index contributed by atoms with van der Waals surface area (Å²) in [7, 11) is 3.40. The van der Waals surface area contributed by atoms with E-state index in [1.807, 2.05) is 19.9 Å². The van der Waals surface area contributed by atoms with Gasteiger partial charge in [0.15, 0.2) is 5.82 Å². The van der Waals surface area contributed by atoms with E-state index < -0.39 is 0 Å². The second-order valence-corrected chi connectivity index (χ2v) is 7.57. The molecule has 4 aromatic rings. The molecule has 0 radical (unpaired) electrons. The molecule has 4 rings (SSSR count). The number of rotatable bonds is 5. The van der Waals surface area contributed by atoms with Crippen LogP contribution in [0.1, 0.15) is 32.2 Å². The molecule has 0 bridgehead atoms. The van der Waals surface area contributed by atoms with E-state index in [1.165, 1.54) is 11.1 Å². The molecule has 0 unspecified atom stereocenters. The van der Waals surface area contributed by atoms with Gasteiger partial charge < -0.3 is 19.4 Å². The van der Waals surface area contributed by atoms with Crippen molar-refractivity contribution in [2.45, 2.75) is 13.8 Å². The number of aromatic nitrogens is 2. The molecule has 0 saturated carbocycles. The first kappa shape index (κ1) is 21.0. The van der Waals surface area contributed by atoms with Crippen LogP contribution in [0.3, 0.4) is 0 Å². The molecule has 0 aliphatic carbocycles. The number of carbonyl (C=O) groups is 2. The van der Waals surface area contributed by atoms with Crippen LogP contribution in [0.4, 0.5) is 5.82 Å². The molecular formula is C24H22N4O4. The first-order chi connectivity index (χ1) is 15.3. The van der Waals surface area contributed by atoms with Gasteiger partial charge in [-0.2, -0.15) is 0 Å². The van der Waals surface area contributed by atoms with Gasteiger partial charge in [-0.1, -0.05) is 0 Å². The SMILES string of the molecule is Cc1cnc(NC(=O)c2cc(Oc3ccc(C(=O)N(C)C)cc3)c3cc(C)oc3c2)cn1. The first-order valence-electron chi connectivity index (χ1n) is 9.94. The molecule has 0 aliphatic rings. The van der Waals surface area contributed by atoms with Crippen LogP contribution in [-0.4, -0.2) is 40.8 Å². The Balaban J connectivity index is 1.64. The Hall–Kier alpha value is -4.20. The highest BCUT2D eigenvalue weighted by molar-refractivity contribution is 6.06. The van der Waals surface area contributed by atoms with Gasteiger partial charge in [-0.25, -0.2) is 4.98 Å². The standard InChI is InChI=1S/C24H22N4O4/c1-14-12-26-22(13-25-14)27-23(29)17-10-20-19(9-15(2)31-20)21(11-17)32-18-7-5-16(6-8-18)24(30)28(3)4/h5-13H,1-4H3,(H,26,27,29). The minimum absolute atomic E-state index is 0.0951. The maximum Gasteiger partial charge on any atom is 0.257 e. The van der Waals surface area contributed by atoms with Gasteiger partial charge in [0.2, 0.25) is 0 Å². The topological polar surface area (TPSA) is 97.6 Å². The number of nitrogens with one attached hydrogen (secondary N) is 1. The third-order valence-corrected chi connectivity index (χ3v) is 4.74. The summed E-state index contributed by atoms with van der Waals surface area (Å²) in [6, 6.07) is 12.0. The fraction of sp³-hybridized carbons (Fsp3) is 0.167. The lowest BCUT2D eigenvalue weighted by atomic mass is 10.1. The first-order valence-corrected chi connectivity index (χ1v) is 9.94. The van der Waals surface area contributed by atoms with E-state index in [2.05, 4.69) is 15.3 Å². The van der Waals surface area contributed by atoms with Crippen molar-refractivity contribution in [1.82, 2.24) is 14.9 Å². The lowest BCUT2D eigenvalue weighted by molar-refractivity contribution is 0.0827. The van der Waals surface area contributed by atoms with E-state index in [4.69, 9.17) is 9.15 Å². The molecule has 0 spiro atoms. The van der Waals surface area contributed by atoms with E-state index in [9.17, 15) is 9.59 Å². The molecule has 162 valence electrons. The fourth-order valence-corrected chi connectivity index (χ4v) is 3.15. The second-order valence-electron chi connectivity index (χ2n) is 7.57. The van der Waals surface area contributed by atoms with Gasteiger partial charge in [0, 0.05) is 25.2 Å². The highest BCUT2D eigenvalue weighted by Gasteiger charge is 2.16. The van der Waals surface area contributed by atoms with Crippen molar-refractivity contribution in [2.24, 2.45) is 0 Å². The number of anilines is 1. The van der Waals surface area contributed by atoms with Gasteiger partial charge >= 0.3 is 0 Å². The van der Waals surface area contributed by atoms with Gasteiger partial charge in [-0.3, -0.25) is 14.6 Å². The minimum atomic E-state index is -0.365. The molecule has 8 nitrogen and oxygen atoms in total. The van der Waals surface area contributed by atoms with E-state index in [0.717, 1.165) is 11.1 Å². The normalized spacial score (nSPS) is 10.8. The molecule has 0 saturated heterocycles. The van der Waals surface area contributed by atoms with Crippen molar-refractivity contribution in [3.8, 4) is 11.5 Å². The number of amides is 2. The number of nitrogens with zero attached hydrogens (tertiary/aromatic N) is 3. The maximum absolute atomic E-state index is 12.8. The van der Waals surface area contributed by atoms with E-state index in [0.29, 0.717) is 39.8 Å². The van der Waals surface area contributed by atoms with Crippen molar-refractivity contribution in [3.05, 3.63) is 77.4 Å². The largest absolute Gasteiger partial charge is 0.461 e. The fourth-order valence-electron chi connectivity index (χ4n) is 3.15. The average Bonchev–Trinajstić information content (AvgIpc) is 3.15. The Kier molecular flexibility index (Phi) is 5.59. The summed E-state index contributed by atoms with van der Waals surface area (Å²) < 4.78 is 11.8. The highest BCUT2D eigenvalue weighted by atomic mass is 16.5. The summed E-state index contributed by atoms with van der Waals surface area (Å²) in [6.07, 6.45) is 3.07. The monoisotopic (exact) mass is 430 g/mol. The number of furan rings is 1. The van der Waals surface area contributed by atoms with Crippen molar-refractivity contribution >= 4 is 28.6 Å². The van der Waals surface area contributed by atoms with Gasteiger partial charge in [-0.15, -0.1) is 0 Å². The summed E-state index contributed by atoms with van der Waals surface area (Å²) in [4.78, 5) is 34.7. The summed E-state index contributed by atoms with van der Waals surface area (Å²) in [5.41, 5.74) is 2.19. The molecule has 2 aromatic carbocycles. The Bertz CT molecular complexity index is 1290. The molecule has 0 aliphatic heterocycles. The lowest BCUT2D eigenvalue weighted by Gasteiger charge is -2.12. The van der Waals surface area contributed by atoms with Crippen LogP contribution in [0.5, 0.6) is 11.5 Å². The van der Waals surface area contributed by atoms with Crippen molar-refractivity contribution in [3.63, 3.8) is 0 Å². The van der Waals surface area contributed by atoms with Gasteiger partial charge in [-0.05, 0) is 56.3 Å². The van der Waals surface area contributed by atoms with Crippen LogP contribution in [0, 0.1) is 13.8 Å². The molecule has 8 heteroatoms.